The van der Waals surface area contributed by atoms with Crippen LogP contribution in [0.4, 0.5) is 4.39 Å². The van der Waals surface area contributed by atoms with Crippen LogP contribution in [0.2, 0.25) is 0 Å². The molecular weight excluding hydrogens is 349 g/mol. The Morgan fingerprint density at radius 1 is 1.35 bits per heavy atom. The van der Waals surface area contributed by atoms with Crippen LogP contribution in [0.3, 0.4) is 0 Å². The Hall–Kier alpha value is -1.08. The predicted molar refractivity (Wildman–Crippen MR) is 78.5 cm³/mol. The number of hydrogen-bond donors (Lipinski definition) is 2. The quantitative estimate of drug-likeness (QED) is 0.868. The van der Waals surface area contributed by atoms with Crippen LogP contribution in [0.15, 0.2) is 22.7 Å². The summed E-state index contributed by atoms with van der Waals surface area (Å²) < 4.78 is 13.7. The number of carbonyl (C=O) groups is 2. The molecule has 1 amide bonds. The molecule has 0 saturated carbocycles. The van der Waals surface area contributed by atoms with Crippen molar-refractivity contribution in [2.24, 2.45) is 0 Å². The zero-order chi connectivity index (χ0) is 14.8. The van der Waals surface area contributed by atoms with Gasteiger partial charge in [0.05, 0.1) is 5.56 Å². The van der Waals surface area contributed by atoms with Crippen LogP contribution < -0.4 is 5.32 Å². The zero-order valence-corrected chi connectivity index (χ0v) is 12.9. The Balaban J connectivity index is 2.24. The minimum atomic E-state index is -1.26. The molecule has 2 N–H and O–H groups in total. The summed E-state index contributed by atoms with van der Waals surface area (Å²) in [6.07, 6.45) is 0.733. The second-order valence-electron chi connectivity index (χ2n) is 4.58. The van der Waals surface area contributed by atoms with Crippen molar-refractivity contribution in [2.75, 3.05) is 11.5 Å². The van der Waals surface area contributed by atoms with Gasteiger partial charge in [0.15, 0.2) is 0 Å². The lowest BCUT2D eigenvalue weighted by Crippen LogP contribution is -2.56. The number of aliphatic carboxylic acids is 1. The molecule has 0 atom stereocenters. The molecule has 1 saturated heterocycles. The highest BCUT2D eigenvalue weighted by Crippen LogP contribution is 2.28. The summed E-state index contributed by atoms with van der Waals surface area (Å²) in [6, 6.07) is 3.74. The Morgan fingerprint density at radius 3 is 2.60 bits per heavy atom. The van der Waals surface area contributed by atoms with E-state index in [-0.39, 0.29) is 5.56 Å². The average molecular weight is 362 g/mol. The maximum absolute atomic E-state index is 13.2. The number of carbonyl (C=O) groups excluding carboxylic acids is 1. The molecule has 0 unspecified atom stereocenters. The van der Waals surface area contributed by atoms with Crippen LogP contribution in [0.1, 0.15) is 23.2 Å². The van der Waals surface area contributed by atoms with Gasteiger partial charge in [-0.3, -0.25) is 4.79 Å². The van der Waals surface area contributed by atoms with Crippen LogP contribution >= 0.6 is 27.7 Å². The van der Waals surface area contributed by atoms with Crippen LogP contribution in [-0.2, 0) is 4.79 Å². The number of benzene rings is 1. The van der Waals surface area contributed by atoms with Crippen molar-refractivity contribution in [3.05, 3.63) is 34.1 Å². The van der Waals surface area contributed by atoms with Gasteiger partial charge in [-0.05, 0) is 58.5 Å². The highest BCUT2D eigenvalue weighted by molar-refractivity contribution is 9.10. The summed E-state index contributed by atoms with van der Waals surface area (Å²) in [7, 11) is 0. The molecule has 1 fully saturated rings. The fourth-order valence-corrected chi connectivity index (χ4v) is 3.68. The molecule has 0 spiro atoms. The van der Waals surface area contributed by atoms with Gasteiger partial charge >= 0.3 is 5.97 Å². The first-order valence-electron chi connectivity index (χ1n) is 6.03. The van der Waals surface area contributed by atoms with Crippen LogP contribution in [-0.4, -0.2) is 34.0 Å². The number of halogens is 2. The summed E-state index contributed by atoms with van der Waals surface area (Å²) in [6.45, 7) is 0. The standard InChI is InChI=1S/C13H13BrFNO3S/c14-10-2-1-8(15)7-9(10)11(17)16-13(12(18)19)3-5-20-6-4-13/h1-2,7H,3-6H2,(H,16,17)(H,18,19). The first-order chi connectivity index (χ1) is 9.44. The normalized spacial score (nSPS) is 17.5. The van der Waals surface area contributed by atoms with Gasteiger partial charge in [-0.15, -0.1) is 0 Å². The Kier molecular flexibility index (Phi) is 4.70. The van der Waals surface area contributed by atoms with E-state index in [0.29, 0.717) is 28.8 Å². The van der Waals surface area contributed by atoms with E-state index in [1.165, 1.54) is 12.1 Å². The summed E-state index contributed by atoms with van der Waals surface area (Å²) in [4.78, 5) is 23.7. The molecule has 1 aliphatic heterocycles. The maximum atomic E-state index is 13.2. The molecule has 2 rings (SSSR count). The van der Waals surface area contributed by atoms with Crippen molar-refractivity contribution >= 4 is 39.6 Å². The van der Waals surface area contributed by atoms with Crippen molar-refractivity contribution in [2.45, 2.75) is 18.4 Å². The summed E-state index contributed by atoms with van der Waals surface area (Å²) in [5.41, 5.74) is -1.16. The van der Waals surface area contributed by atoms with Crippen LogP contribution in [0.25, 0.3) is 0 Å². The monoisotopic (exact) mass is 361 g/mol. The number of carboxylic acid groups (broad SMARTS) is 1. The van der Waals surface area contributed by atoms with Crippen molar-refractivity contribution in [1.82, 2.24) is 5.32 Å². The predicted octanol–water partition coefficient (Wildman–Crippen LogP) is 2.67. The second-order valence-corrected chi connectivity index (χ2v) is 6.66. The Labute approximate surface area is 128 Å². The molecule has 4 nitrogen and oxygen atoms in total. The molecule has 0 aromatic heterocycles. The minimum absolute atomic E-state index is 0.101. The number of hydrogen-bond acceptors (Lipinski definition) is 3. The van der Waals surface area contributed by atoms with E-state index in [1.54, 1.807) is 11.8 Å². The summed E-state index contributed by atoms with van der Waals surface area (Å²) in [5, 5.41) is 12.0. The summed E-state index contributed by atoms with van der Waals surface area (Å²) in [5.74, 6) is -0.806. The number of nitrogens with one attached hydrogen (secondary N) is 1. The van der Waals surface area contributed by atoms with E-state index in [9.17, 15) is 19.1 Å². The second kappa shape index (κ2) is 6.13. The lowest BCUT2D eigenvalue weighted by Gasteiger charge is -2.33. The molecular formula is C13H13BrFNO3S. The summed E-state index contributed by atoms with van der Waals surface area (Å²) >= 11 is 4.83. The molecule has 108 valence electrons. The van der Waals surface area contributed by atoms with E-state index >= 15 is 0 Å². The van der Waals surface area contributed by atoms with Gasteiger partial charge in [0.1, 0.15) is 11.4 Å². The fourth-order valence-electron chi connectivity index (χ4n) is 2.07. The van der Waals surface area contributed by atoms with E-state index in [4.69, 9.17) is 0 Å². The van der Waals surface area contributed by atoms with E-state index in [1.807, 2.05) is 0 Å². The average Bonchev–Trinajstić information content (AvgIpc) is 2.42. The largest absolute Gasteiger partial charge is 0.480 e. The molecule has 0 bridgehead atoms. The molecule has 7 heteroatoms. The van der Waals surface area contributed by atoms with Gasteiger partial charge in [0.25, 0.3) is 5.91 Å². The zero-order valence-electron chi connectivity index (χ0n) is 10.5. The number of thioether (sulfide) groups is 1. The molecule has 20 heavy (non-hydrogen) atoms. The van der Waals surface area contributed by atoms with Gasteiger partial charge < -0.3 is 10.4 Å². The highest BCUT2D eigenvalue weighted by atomic mass is 79.9. The van der Waals surface area contributed by atoms with Crippen molar-refractivity contribution in [3.8, 4) is 0 Å². The van der Waals surface area contributed by atoms with E-state index in [2.05, 4.69) is 21.2 Å². The van der Waals surface area contributed by atoms with Gasteiger partial charge in [0, 0.05) is 4.47 Å². The Bertz CT molecular complexity index is 546. The van der Waals surface area contributed by atoms with Gasteiger partial charge in [-0.25, -0.2) is 9.18 Å². The molecule has 1 heterocycles. The third-order valence-electron chi connectivity index (χ3n) is 3.28. The lowest BCUT2D eigenvalue weighted by atomic mass is 9.92. The third kappa shape index (κ3) is 3.15. The smallest absolute Gasteiger partial charge is 0.329 e. The molecule has 1 aromatic rings. The molecule has 0 aliphatic carbocycles. The topological polar surface area (TPSA) is 66.4 Å². The van der Waals surface area contributed by atoms with Crippen molar-refractivity contribution in [3.63, 3.8) is 0 Å². The first kappa shape index (κ1) is 15.3. The van der Waals surface area contributed by atoms with E-state index < -0.39 is 23.2 Å². The fraction of sp³-hybridized carbons (Fsp3) is 0.385. The molecule has 0 radical (unpaired) electrons. The number of carboxylic acids is 1. The van der Waals surface area contributed by atoms with Gasteiger partial charge in [0.2, 0.25) is 0 Å². The van der Waals surface area contributed by atoms with Gasteiger partial charge in [-0.1, -0.05) is 0 Å². The molecule has 1 aliphatic rings. The van der Waals surface area contributed by atoms with Crippen LogP contribution in [0, 0.1) is 5.82 Å². The maximum Gasteiger partial charge on any atom is 0.329 e. The minimum Gasteiger partial charge on any atom is -0.480 e. The third-order valence-corrected chi connectivity index (χ3v) is 4.96. The lowest BCUT2D eigenvalue weighted by molar-refractivity contribution is -0.144. The Morgan fingerprint density at radius 2 is 2.00 bits per heavy atom. The van der Waals surface area contributed by atoms with Crippen LogP contribution in [0.5, 0.6) is 0 Å². The number of amides is 1. The highest BCUT2D eigenvalue weighted by Gasteiger charge is 2.41. The van der Waals surface area contributed by atoms with Gasteiger partial charge in [-0.2, -0.15) is 11.8 Å². The van der Waals surface area contributed by atoms with Crippen molar-refractivity contribution in [1.29, 1.82) is 0 Å². The molecule has 1 aromatic carbocycles. The van der Waals surface area contributed by atoms with E-state index in [0.717, 1.165) is 6.07 Å². The SMILES string of the molecule is O=C(NC1(C(=O)O)CCSCC1)c1cc(F)ccc1Br. The van der Waals surface area contributed by atoms with Crippen molar-refractivity contribution < 1.29 is 19.1 Å². The number of rotatable bonds is 3. The first-order valence-corrected chi connectivity index (χ1v) is 7.98.